The van der Waals surface area contributed by atoms with Crippen LogP contribution in [0, 0.1) is 0 Å². The molecule has 0 saturated heterocycles. The first kappa shape index (κ1) is 18.6. The predicted octanol–water partition coefficient (Wildman–Crippen LogP) is 4.32. The van der Waals surface area contributed by atoms with Gasteiger partial charge in [0.1, 0.15) is 18.5 Å². The lowest BCUT2D eigenvalue weighted by Crippen LogP contribution is -2.25. The van der Waals surface area contributed by atoms with Crippen LogP contribution in [0.15, 0.2) is 79.3 Å². The maximum atomic E-state index is 5.30. The van der Waals surface area contributed by atoms with E-state index in [0.717, 1.165) is 39.4 Å². The normalized spacial score (nSPS) is 10.6. The molecule has 0 aliphatic carbocycles. The van der Waals surface area contributed by atoms with E-state index >= 15 is 0 Å². The minimum absolute atomic E-state index is 0.689. The van der Waals surface area contributed by atoms with Gasteiger partial charge in [-0.3, -0.25) is 0 Å². The Labute approximate surface area is 170 Å². The van der Waals surface area contributed by atoms with Crippen LogP contribution in [-0.4, -0.2) is 24.2 Å². The van der Waals surface area contributed by atoms with Gasteiger partial charge in [-0.25, -0.2) is 14.5 Å². The SMILES string of the molecule is COc1ccc(-c2cnc(-c3cc[n+](C)cc3)nc2-c2ccc(OC)cc2)cc1. The van der Waals surface area contributed by atoms with E-state index in [4.69, 9.17) is 14.5 Å². The molecule has 5 heteroatoms. The van der Waals surface area contributed by atoms with Crippen molar-refractivity contribution in [2.75, 3.05) is 14.2 Å². The summed E-state index contributed by atoms with van der Waals surface area (Å²) in [4.78, 5) is 9.57. The zero-order chi connectivity index (χ0) is 20.2. The first-order valence-electron chi connectivity index (χ1n) is 9.29. The Morgan fingerprint density at radius 1 is 0.690 bits per heavy atom. The number of benzene rings is 2. The second-order valence-electron chi connectivity index (χ2n) is 6.67. The highest BCUT2D eigenvalue weighted by Gasteiger charge is 2.14. The smallest absolute Gasteiger partial charge is 0.169 e. The largest absolute Gasteiger partial charge is 0.497 e. The number of aryl methyl sites for hydroxylation is 1. The van der Waals surface area contributed by atoms with Crippen molar-refractivity contribution in [2.24, 2.45) is 7.05 Å². The van der Waals surface area contributed by atoms with E-state index in [0.29, 0.717) is 5.82 Å². The molecular formula is C24H22N3O2+. The summed E-state index contributed by atoms with van der Waals surface area (Å²) in [5, 5.41) is 0. The molecule has 0 unspecified atom stereocenters. The monoisotopic (exact) mass is 384 g/mol. The molecule has 4 rings (SSSR count). The van der Waals surface area contributed by atoms with Gasteiger partial charge in [0.25, 0.3) is 0 Å². The molecule has 2 aromatic heterocycles. The summed E-state index contributed by atoms with van der Waals surface area (Å²) in [6.45, 7) is 0. The number of hydrogen-bond donors (Lipinski definition) is 0. The van der Waals surface area contributed by atoms with Gasteiger partial charge < -0.3 is 9.47 Å². The summed E-state index contributed by atoms with van der Waals surface area (Å²) in [6.07, 6.45) is 5.86. The van der Waals surface area contributed by atoms with Crippen LogP contribution in [0.5, 0.6) is 11.5 Å². The quantitative estimate of drug-likeness (QED) is 0.481. The molecule has 0 aliphatic rings. The molecule has 0 atom stereocenters. The molecule has 4 aromatic rings. The van der Waals surface area contributed by atoms with Gasteiger partial charge in [-0.15, -0.1) is 0 Å². The Morgan fingerprint density at radius 2 is 1.24 bits per heavy atom. The van der Waals surface area contributed by atoms with E-state index in [1.807, 2.05) is 90.9 Å². The summed E-state index contributed by atoms with van der Waals surface area (Å²) < 4.78 is 12.6. The lowest BCUT2D eigenvalue weighted by molar-refractivity contribution is -0.671. The van der Waals surface area contributed by atoms with Gasteiger partial charge in [-0.2, -0.15) is 0 Å². The topological polar surface area (TPSA) is 48.1 Å². The van der Waals surface area contributed by atoms with Crippen molar-refractivity contribution in [3.63, 3.8) is 0 Å². The third-order valence-electron chi connectivity index (χ3n) is 4.79. The van der Waals surface area contributed by atoms with E-state index in [1.165, 1.54) is 0 Å². The second-order valence-corrected chi connectivity index (χ2v) is 6.67. The number of aromatic nitrogens is 3. The van der Waals surface area contributed by atoms with Gasteiger partial charge >= 0.3 is 0 Å². The molecule has 2 aromatic carbocycles. The van der Waals surface area contributed by atoms with Gasteiger partial charge in [0, 0.05) is 35.0 Å². The van der Waals surface area contributed by atoms with Crippen molar-refractivity contribution in [1.29, 1.82) is 0 Å². The van der Waals surface area contributed by atoms with E-state index in [9.17, 15) is 0 Å². The fourth-order valence-corrected chi connectivity index (χ4v) is 3.12. The van der Waals surface area contributed by atoms with Gasteiger partial charge in [-0.1, -0.05) is 12.1 Å². The van der Waals surface area contributed by atoms with Crippen molar-refractivity contribution in [3.05, 3.63) is 79.3 Å². The van der Waals surface area contributed by atoms with Crippen LogP contribution in [-0.2, 0) is 7.05 Å². The minimum atomic E-state index is 0.689. The zero-order valence-electron chi connectivity index (χ0n) is 16.7. The Bertz CT molecular complexity index is 1110. The minimum Gasteiger partial charge on any atom is -0.497 e. The standard InChI is InChI=1S/C24H22N3O2/c1-27-14-12-19(13-15-27)24-25-16-22(17-4-8-20(28-2)9-5-17)23(26-24)18-6-10-21(29-3)11-7-18/h4-16H,1-3H3/q+1. The molecule has 29 heavy (non-hydrogen) atoms. The average Bonchev–Trinajstić information content (AvgIpc) is 2.79. The molecule has 0 fully saturated rings. The van der Waals surface area contributed by atoms with E-state index in [2.05, 4.69) is 4.98 Å². The molecule has 5 nitrogen and oxygen atoms in total. The number of hydrogen-bond acceptors (Lipinski definition) is 4. The third-order valence-corrected chi connectivity index (χ3v) is 4.79. The van der Waals surface area contributed by atoms with Crippen molar-refractivity contribution in [1.82, 2.24) is 9.97 Å². The number of methoxy groups -OCH3 is 2. The maximum Gasteiger partial charge on any atom is 0.169 e. The van der Waals surface area contributed by atoms with Crippen LogP contribution < -0.4 is 14.0 Å². The number of nitrogens with zero attached hydrogens (tertiary/aromatic N) is 3. The first-order valence-corrected chi connectivity index (χ1v) is 9.29. The number of rotatable bonds is 5. The highest BCUT2D eigenvalue weighted by atomic mass is 16.5. The zero-order valence-corrected chi connectivity index (χ0v) is 16.7. The molecule has 2 heterocycles. The highest BCUT2D eigenvalue weighted by Crippen LogP contribution is 2.33. The molecule has 0 spiro atoms. The predicted molar refractivity (Wildman–Crippen MR) is 113 cm³/mol. The van der Waals surface area contributed by atoms with Gasteiger partial charge in [0.05, 0.1) is 19.9 Å². The van der Waals surface area contributed by atoms with Crippen LogP contribution in [0.1, 0.15) is 0 Å². The van der Waals surface area contributed by atoms with Crippen molar-refractivity contribution in [2.45, 2.75) is 0 Å². The Morgan fingerprint density at radius 3 is 1.79 bits per heavy atom. The fraction of sp³-hybridized carbons (Fsp3) is 0.125. The Kier molecular flexibility index (Phi) is 5.20. The Balaban J connectivity index is 1.85. The van der Waals surface area contributed by atoms with E-state index in [1.54, 1.807) is 14.2 Å². The van der Waals surface area contributed by atoms with Crippen LogP contribution in [0.3, 0.4) is 0 Å². The summed E-state index contributed by atoms with van der Waals surface area (Å²) >= 11 is 0. The fourth-order valence-electron chi connectivity index (χ4n) is 3.12. The highest BCUT2D eigenvalue weighted by molar-refractivity contribution is 5.81. The van der Waals surface area contributed by atoms with Crippen LogP contribution in [0.4, 0.5) is 0 Å². The average molecular weight is 384 g/mol. The molecule has 144 valence electrons. The molecule has 0 N–H and O–H groups in total. The number of ether oxygens (including phenoxy) is 2. The molecular weight excluding hydrogens is 362 g/mol. The van der Waals surface area contributed by atoms with Crippen molar-refractivity contribution in [3.8, 4) is 45.3 Å². The van der Waals surface area contributed by atoms with E-state index in [-0.39, 0.29) is 0 Å². The molecule has 0 radical (unpaired) electrons. The van der Waals surface area contributed by atoms with Crippen molar-refractivity contribution >= 4 is 0 Å². The number of pyridine rings is 1. The molecule has 0 aliphatic heterocycles. The lowest BCUT2D eigenvalue weighted by atomic mass is 10.00. The lowest BCUT2D eigenvalue weighted by Gasteiger charge is -2.12. The van der Waals surface area contributed by atoms with Crippen LogP contribution in [0.2, 0.25) is 0 Å². The summed E-state index contributed by atoms with van der Waals surface area (Å²) in [7, 11) is 5.31. The van der Waals surface area contributed by atoms with Gasteiger partial charge in [-0.05, 0) is 42.0 Å². The van der Waals surface area contributed by atoms with Crippen molar-refractivity contribution < 1.29 is 14.0 Å². The summed E-state index contributed by atoms with van der Waals surface area (Å²) in [5.41, 5.74) is 4.84. The van der Waals surface area contributed by atoms with Crippen LogP contribution >= 0.6 is 0 Å². The third kappa shape index (κ3) is 3.94. The first-order chi connectivity index (χ1) is 14.2. The molecule has 0 amide bonds. The second kappa shape index (κ2) is 8.10. The maximum absolute atomic E-state index is 5.30. The Hall–Kier alpha value is -3.73. The van der Waals surface area contributed by atoms with Gasteiger partial charge in [0.15, 0.2) is 18.2 Å². The summed E-state index contributed by atoms with van der Waals surface area (Å²) in [6, 6.07) is 19.9. The molecule has 0 saturated carbocycles. The molecule has 0 bridgehead atoms. The van der Waals surface area contributed by atoms with Crippen LogP contribution in [0.25, 0.3) is 33.8 Å². The van der Waals surface area contributed by atoms with Gasteiger partial charge in [0.2, 0.25) is 0 Å². The summed E-state index contributed by atoms with van der Waals surface area (Å²) in [5.74, 6) is 2.31. The van der Waals surface area contributed by atoms with E-state index < -0.39 is 0 Å².